The predicted octanol–water partition coefficient (Wildman–Crippen LogP) is 3.13. The van der Waals surface area contributed by atoms with E-state index in [0.717, 1.165) is 31.2 Å². The molecule has 2 N–H and O–H groups in total. The molecule has 1 saturated carbocycles. The first kappa shape index (κ1) is 13.7. The first-order valence-corrected chi connectivity index (χ1v) is 7.21. The second-order valence-electron chi connectivity index (χ2n) is 5.34. The van der Waals surface area contributed by atoms with Gasteiger partial charge in [-0.3, -0.25) is 15.2 Å². The molecule has 1 aliphatic carbocycles. The van der Waals surface area contributed by atoms with Crippen LogP contribution in [-0.4, -0.2) is 21.1 Å². The van der Waals surface area contributed by atoms with E-state index in [1.807, 2.05) is 0 Å². The molecule has 21 heavy (non-hydrogen) atoms. The zero-order valence-corrected chi connectivity index (χ0v) is 11.6. The fourth-order valence-corrected chi connectivity index (χ4v) is 2.63. The molecule has 0 unspecified atom stereocenters. The molecule has 0 aliphatic heterocycles. The number of nitrogens with zero attached hydrogens (tertiary/aromatic N) is 2. The standard InChI is InChI=1S/C15H17FN4O/c16-12-8-6-10(7-9-12)13-17-15(20-19-13)18-14(21)11-4-2-1-3-5-11/h6-9,11H,1-5H2,(H2,17,18,19,20,21). The van der Waals surface area contributed by atoms with E-state index in [9.17, 15) is 9.18 Å². The molecule has 0 saturated heterocycles. The fraction of sp³-hybridized carbons (Fsp3) is 0.400. The Morgan fingerprint density at radius 3 is 2.62 bits per heavy atom. The molecule has 3 rings (SSSR count). The molecule has 0 bridgehead atoms. The van der Waals surface area contributed by atoms with Gasteiger partial charge in [-0.15, -0.1) is 5.10 Å². The molecule has 1 aliphatic rings. The molecular formula is C15H17FN4O. The predicted molar refractivity (Wildman–Crippen MR) is 77.0 cm³/mol. The Labute approximate surface area is 122 Å². The van der Waals surface area contributed by atoms with Crippen molar-refractivity contribution in [3.05, 3.63) is 30.1 Å². The van der Waals surface area contributed by atoms with Gasteiger partial charge in [0, 0.05) is 11.5 Å². The van der Waals surface area contributed by atoms with Crippen LogP contribution >= 0.6 is 0 Å². The van der Waals surface area contributed by atoms with Crippen molar-refractivity contribution in [3.63, 3.8) is 0 Å². The van der Waals surface area contributed by atoms with Gasteiger partial charge in [-0.25, -0.2) is 4.39 Å². The average Bonchev–Trinajstić information content (AvgIpc) is 2.97. The van der Waals surface area contributed by atoms with Crippen LogP contribution in [0.25, 0.3) is 11.4 Å². The number of amides is 1. The molecule has 5 nitrogen and oxygen atoms in total. The van der Waals surface area contributed by atoms with Crippen molar-refractivity contribution < 1.29 is 9.18 Å². The second kappa shape index (κ2) is 6.03. The van der Waals surface area contributed by atoms with E-state index in [1.165, 1.54) is 18.6 Å². The average molecular weight is 288 g/mol. The van der Waals surface area contributed by atoms with Crippen LogP contribution in [0.1, 0.15) is 32.1 Å². The number of H-pyrrole nitrogens is 1. The Kier molecular flexibility index (Phi) is 3.94. The van der Waals surface area contributed by atoms with Gasteiger partial charge in [0.2, 0.25) is 11.9 Å². The normalized spacial score (nSPS) is 15.9. The summed E-state index contributed by atoms with van der Waals surface area (Å²) < 4.78 is 12.9. The summed E-state index contributed by atoms with van der Waals surface area (Å²) in [5.41, 5.74) is 0.724. The van der Waals surface area contributed by atoms with Crippen LogP contribution in [0.15, 0.2) is 24.3 Å². The largest absolute Gasteiger partial charge is 0.293 e. The van der Waals surface area contributed by atoms with Crippen LogP contribution in [0.2, 0.25) is 0 Å². The van der Waals surface area contributed by atoms with Gasteiger partial charge in [0.15, 0.2) is 5.82 Å². The first-order chi connectivity index (χ1) is 10.2. The Hall–Kier alpha value is -2.24. The molecule has 1 aromatic carbocycles. The maximum Gasteiger partial charge on any atom is 0.249 e. The van der Waals surface area contributed by atoms with Gasteiger partial charge in [-0.05, 0) is 37.1 Å². The van der Waals surface area contributed by atoms with Gasteiger partial charge in [0.25, 0.3) is 0 Å². The van der Waals surface area contributed by atoms with E-state index >= 15 is 0 Å². The summed E-state index contributed by atoms with van der Waals surface area (Å²) in [6.07, 6.45) is 5.28. The highest BCUT2D eigenvalue weighted by Crippen LogP contribution is 2.24. The van der Waals surface area contributed by atoms with Crippen molar-refractivity contribution in [2.45, 2.75) is 32.1 Å². The second-order valence-corrected chi connectivity index (χ2v) is 5.34. The third-order valence-corrected chi connectivity index (χ3v) is 3.81. The number of carbonyl (C=O) groups is 1. The topological polar surface area (TPSA) is 70.7 Å². The summed E-state index contributed by atoms with van der Waals surface area (Å²) in [4.78, 5) is 16.3. The van der Waals surface area contributed by atoms with E-state index in [2.05, 4.69) is 20.5 Å². The summed E-state index contributed by atoms with van der Waals surface area (Å²) in [5.74, 6) is 0.522. The van der Waals surface area contributed by atoms with Crippen LogP contribution in [-0.2, 0) is 4.79 Å². The lowest BCUT2D eigenvalue weighted by Gasteiger charge is -2.19. The van der Waals surface area contributed by atoms with E-state index < -0.39 is 0 Å². The Morgan fingerprint density at radius 1 is 1.19 bits per heavy atom. The molecule has 0 atom stereocenters. The number of halogens is 1. The van der Waals surface area contributed by atoms with Crippen molar-refractivity contribution in [3.8, 4) is 11.4 Å². The number of aromatic amines is 1. The highest BCUT2D eigenvalue weighted by molar-refractivity contribution is 5.91. The van der Waals surface area contributed by atoms with E-state index in [0.29, 0.717) is 5.82 Å². The minimum absolute atomic E-state index is 0.0145. The van der Waals surface area contributed by atoms with Gasteiger partial charge in [0.05, 0.1) is 0 Å². The first-order valence-electron chi connectivity index (χ1n) is 7.21. The van der Waals surface area contributed by atoms with Crippen molar-refractivity contribution in [1.29, 1.82) is 0 Å². The highest BCUT2D eigenvalue weighted by atomic mass is 19.1. The molecule has 0 spiro atoms. The molecule has 1 heterocycles. The lowest BCUT2D eigenvalue weighted by atomic mass is 9.89. The van der Waals surface area contributed by atoms with E-state index in [4.69, 9.17) is 0 Å². The minimum Gasteiger partial charge on any atom is -0.293 e. The molecule has 1 amide bonds. The Bertz CT molecular complexity index is 617. The Morgan fingerprint density at radius 2 is 1.90 bits per heavy atom. The Balaban J connectivity index is 1.67. The van der Waals surface area contributed by atoms with Gasteiger partial charge in [-0.2, -0.15) is 4.98 Å². The van der Waals surface area contributed by atoms with Gasteiger partial charge in [-0.1, -0.05) is 19.3 Å². The van der Waals surface area contributed by atoms with Crippen LogP contribution in [0.4, 0.5) is 10.3 Å². The number of rotatable bonds is 3. The van der Waals surface area contributed by atoms with Crippen molar-refractivity contribution in [2.24, 2.45) is 5.92 Å². The van der Waals surface area contributed by atoms with E-state index in [-0.39, 0.29) is 23.6 Å². The van der Waals surface area contributed by atoms with Gasteiger partial charge in [0.1, 0.15) is 5.82 Å². The third kappa shape index (κ3) is 3.26. The maximum atomic E-state index is 12.9. The number of benzene rings is 1. The molecule has 2 aromatic rings. The van der Waals surface area contributed by atoms with Gasteiger partial charge >= 0.3 is 0 Å². The van der Waals surface area contributed by atoms with Crippen LogP contribution < -0.4 is 5.32 Å². The summed E-state index contributed by atoms with van der Waals surface area (Å²) in [6.45, 7) is 0. The molecule has 0 radical (unpaired) electrons. The maximum absolute atomic E-state index is 12.9. The molecule has 1 fully saturated rings. The monoisotopic (exact) mass is 288 g/mol. The molecule has 110 valence electrons. The zero-order valence-electron chi connectivity index (χ0n) is 11.6. The smallest absolute Gasteiger partial charge is 0.249 e. The van der Waals surface area contributed by atoms with Crippen LogP contribution in [0.3, 0.4) is 0 Å². The lowest BCUT2D eigenvalue weighted by molar-refractivity contribution is -0.120. The summed E-state index contributed by atoms with van der Waals surface area (Å²) in [5, 5.41) is 9.49. The lowest BCUT2D eigenvalue weighted by Crippen LogP contribution is -2.25. The molecule has 6 heteroatoms. The number of anilines is 1. The number of nitrogens with one attached hydrogen (secondary N) is 2. The quantitative estimate of drug-likeness (QED) is 0.911. The number of hydrogen-bond acceptors (Lipinski definition) is 3. The van der Waals surface area contributed by atoms with Crippen molar-refractivity contribution in [2.75, 3.05) is 5.32 Å². The zero-order chi connectivity index (χ0) is 14.7. The van der Waals surface area contributed by atoms with Crippen molar-refractivity contribution >= 4 is 11.9 Å². The summed E-state index contributed by atoms with van der Waals surface area (Å²) in [6, 6.07) is 5.95. The summed E-state index contributed by atoms with van der Waals surface area (Å²) >= 11 is 0. The van der Waals surface area contributed by atoms with Crippen LogP contribution in [0.5, 0.6) is 0 Å². The third-order valence-electron chi connectivity index (χ3n) is 3.81. The molecular weight excluding hydrogens is 271 g/mol. The minimum atomic E-state index is -0.302. The fourth-order valence-electron chi connectivity index (χ4n) is 2.63. The number of aromatic nitrogens is 3. The van der Waals surface area contributed by atoms with E-state index in [1.54, 1.807) is 12.1 Å². The summed E-state index contributed by atoms with van der Waals surface area (Å²) in [7, 11) is 0. The number of hydrogen-bond donors (Lipinski definition) is 2. The SMILES string of the molecule is O=C(Nc1n[nH]c(-c2ccc(F)cc2)n1)C1CCCCC1. The van der Waals surface area contributed by atoms with Gasteiger partial charge < -0.3 is 0 Å². The van der Waals surface area contributed by atoms with Crippen LogP contribution in [0, 0.1) is 11.7 Å². The highest BCUT2D eigenvalue weighted by Gasteiger charge is 2.22. The van der Waals surface area contributed by atoms with Crippen molar-refractivity contribution in [1.82, 2.24) is 15.2 Å². The number of carbonyl (C=O) groups excluding carboxylic acids is 1. The molecule has 1 aromatic heterocycles.